The molecule has 0 aliphatic carbocycles. The molecule has 1 N–H and O–H groups in total. The molecule has 3 heteroatoms. The molecule has 1 aromatic rings. The van der Waals surface area contributed by atoms with E-state index in [1.807, 2.05) is 0 Å². The second-order valence-electron chi connectivity index (χ2n) is 4.77. The van der Waals surface area contributed by atoms with Crippen molar-refractivity contribution < 1.29 is 4.74 Å². The van der Waals surface area contributed by atoms with Crippen molar-refractivity contribution in [3.05, 3.63) is 29.8 Å². The van der Waals surface area contributed by atoms with E-state index in [1.54, 1.807) is 7.11 Å². The van der Waals surface area contributed by atoms with Gasteiger partial charge in [0.05, 0.1) is 6.10 Å². The minimum atomic E-state index is 0.197. The lowest BCUT2D eigenvalue weighted by Crippen LogP contribution is -2.30. The summed E-state index contributed by atoms with van der Waals surface area (Å²) in [6, 6.07) is 8.72. The smallest absolute Gasteiger partial charge is 0.0741 e. The maximum Gasteiger partial charge on any atom is 0.0741 e. The van der Waals surface area contributed by atoms with Crippen LogP contribution in [-0.4, -0.2) is 38.3 Å². The predicted octanol–water partition coefficient (Wildman–Crippen LogP) is 2.58. The van der Waals surface area contributed by atoms with Crippen LogP contribution in [0.25, 0.3) is 0 Å². The number of benzene rings is 1. The molecular weight excluding hydrogens is 212 g/mol. The van der Waals surface area contributed by atoms with Gasteiger partial charge in [-0.3, -0.25) is 0 Å². The predicted molar refractivity (Wildman–Crippen MR) is 73.4 cm³/mol. The normalized spacial score (nSPS) is 14.7. The SMILES string of the molecule is COC(C)C(C)Nc1ccccc1CN(C)C. The molecule has 0 spiro atoms. The van der Waals surface area contributed by atoms with Gasteiger partial charge < -0.3 is 15.0 Å². The van der Waals surface area contributed by atoms with Gasteiger partial charge in [0.15, 0.2) is 0 Å². The van der Waals surface area contributed by atoms with Crippen LogP contribution in [0.4, 0.5) is 5.69 Å². The van der Waals surface area contributed by atoms with Crippen LogP contribution in [0.1, 0.15) is 19.4 Å². The molecule has 2 unspecified atom stereocenters. The second-order valence-corrected chi connectivity index (χ2v) is 4.77. The second kappa shape index (κ2) is 6.62. The van der Waals surface area contributed by atoms with E-state index >= 15 is 0 Å². The Bertz CT molecular complexity index is 339. The number of rotatable bonds is 6. The zero-order chi connectivity index (χ0) is 12.8. The van der Waals surface area contributed by atoms with Gasteiger partial charge in [-0.15, -0.1) is 0 Å². The number of nitrogens with one attached hydrogen (secondary N) is 1. The summed E-state index contributed by atoms with van der Waals surface area (Å²) in [6.45, 7) is 5.16. The highest BCUT2D eigenvalue weighted by atomic mass is 16.5. The largest absolute Gasteiger partial charge is 0.380 e. The zero-order valence-corrected chi connectivity index (χ0v) is 11.5. The van der Waals surface area contributed by atoms with Gasteiger partial charge in [0.1, 0.15) is 0 Å². The number of para-hydroxylation sites is 1. The lowest BCUT2D eigenvalue weighted by molar-refractivity contribution is 0.106. The molecule has 0 amide bonds. The van der Waals surface area contributed by atoms with Crippen LogP contribution in [0.5, 0.6) is 0 Å². The van der Waals surface area contributed by atoms with E-state index in [0.717, 1.165) is 6.54 Å². The Morgan fingerprint density at radius 3 is 2.47 bits per heavy atom. The zero-order valence-electron chi connectivity index (χ0n) is 11.5. The van der Waals surface area contributed by atoms with Gasteiger partial charge in [-0.1, -0.05) is 18.2 Å². The van der Waals surface area contributed by atoms with Gasteiger partial charge in [0.2, 0.25) is 0 Å². The van der Waals surface area contributed by atoms with Crippen LogP contribution < -0.4 is 5.32 Å². The minimum absolute atomic E-state index is 0.197. The van der Waals surface area contributed by atoms with Gasteiger partial charge >= 0.3 is 0 Å². The van der Waals surface area contributed by atoms with Crippen molar-refractivity contribution in [3.63, 3.8) is 0 Å². The van der Waals surface area contributed by atoms with Crippen LogP contribution in [-0.2, 0) is 11.3 Å². The molecule has 1 rings (SSSR count). The summed E-state index contributed by atoms with van der Waals surface area (Å²) >= 11 is 0. The first-order valence-electron chi connectivity index (χ1n) is 6.06. The third kappa shape index (κ3) is 4.36. The van der Waals surface area contributed by atoms with Gasteiger partial charge in [-0.25, -0.2) is 0 Å². The van der Waals surface area contributed by atoms with Crippen molar-refractivity contribution >= 4 is 5.69 Å². The molecule has 3 nitrogen and oxygen atoms in total. The molecule has 0 aliphatic rings. The summed E-state index contributed by atoms with van der Waals surface area (Å²) < 4.78 is 5.33. The van der Waals surface area contributed by atoms with Crippen molar-refractivity contribution in [2.24, 2.45) is 0 Å². The van der Waals surface area contributed by atoms with Crippen LogP contribution in [0.3, 0.4) is 0 Å². The third-order valence-corrected chi connectivity index (χ3v) is 2.96. The molecule has 2 atom stereocenters. The number of ether oxygens (including phenoxy) is 1. The Hall–Kier alpha value is -1.06. The molecule has 0 aliphatic heterocycles. The summed E-state index contributed by atoms with van der Waals surface area (Å²) in [7, 11) is 5.91. The van der Waals surface area contributed by atoms with E-state index in [1.165, 1.54) is 11.3 Å². The molecule has 0 fully saturated rings. The molecular formula is C14H24N2O. The highest BCUT2D eigenvalue weighted by Gasteiger charge is 2.12. The fourth-order valence-electron chi connectivity index (χ4n) is 1.71. The average Bonchev–Trinajstić information content (AvgIpc) is 2.29. The summed E-state index contributed by atoms with van der Waals surface area (Å²) in [5.74, 6) is 0. The number of anilines is 1. The monoisotopic (exact) mass is 236 g/mol. The molecule has 96 valence electrons. The van der Waals surface area contributed by atoms with Crippen LogP contribution in [0.2, 0.25) is 0 Å². The quantitative estimate of drug-likeness (QED) is 0.821. The molecule has 0 radical (unpaired) electrons. The highest BCUT2D eigenvalue weighted by molar-refractivity contribution is 5.51. The van der Waals surface area contributed by atoms with Crippen molar-refractivity contribution in [2.45, 2.75) is 32.5 Å². The fraction of sp³-hybridized carbons (Fsp3) is 0.571. The molecule has 0 aromatic heterocycles. The standard InChI is InChI=1S/C14H24N2O/c1-11(12(2)17-5)15-14-9-7-6-8-13(14)10-16(3)4/h6-9,11-12,15H,10H2,1-5H3. The van der Waals surface area contributed by atoms with E-state index in [-0.39, 0.29) is 6.10 Å². The van der Waals surface area contributed by atoms with Crippen LogP contribution in [0.15, 0.2) is 24.3 Å². The van der Waals surface area contributed by atoms with E-state index in [2.05, 4.69) is 62.4 Å². The first-order valence-corrected chi connectivity index (χ1v) is 6.06. The molecule has 0 saturated carbocycles. The van der Waals surface area contributed by atoms with Gasteiger partial charge in [0, 0.05) is 25.4 Å². The number of hydrogen-bond acceptors (Lipinski definition) is 3. The fourth-order valence-corrected chi connectivity index (χ4v) is 1.71. The average molecular weight is 236 g/mol. The van der Waals surface area contributed by atoms with Gasteiger partial charge in [0.25, 0.3) is 0 Å². The molecule has 0 bridgehead atoms. The molecule has 1 aromatic carbocycles. The van der Waals surface area contributed by atoms with Gasteiger partial charge in [-0.05, 0) is 39.6 Å². The topological polar surface area (TPSA) is 24.5 Å². The maximum atomic E-state index is 5.33. The Labute approximate surface area is 105 Å². The van der Waals surface area contributed by atoms with Crippen molar-refractivity contribution in [2.75, 3.05) is 26.5 Å². The molecule has 0 heterocycles. The Balaban J connectivity index is 2.76. The summed E-state index contributed by atoms with van der Waals surface area (Å²) in [5.41, 5.74) is 2.50. The lowest BCUT2D eigenvalue weighted by Gasteiger charge is -2.23. The minimum Gasteiger partial charge on any atom is -0.380 e. The first-order chi connectivity index (χ1) is 8.04. The molecule has 0 saturated heterocycles. The summed E-state index contributed by atoms with van der Waals surface area (Å²) in [6.07, 6.45) is 0.197. The van der Waals surface area contributed by atoms with Crippen molar-refractivity contribution in [3.8, 4) is 0 Å². The Morgan fingerprint density at radius 1 is 1.24 bits per heavy atom. The molecule has 17 heavy (non-hydrogen) atoms. The van der Waals surface area contributed by atoms with E-state index in [4.69, 9.17) is 4.74 Å². The maximum absolute atomic E-state index is 5.33. The van der Waals surface area contributed by atoms with Crippen molar-refractivity contribution in [1.82, 2.24) is 4.90 Å². The number of nitrogens with zero attached hydrogens (tertiary/aromatic N) is 1. The van der Waals surface area contributed by atoms with Crippen LogP contribution >= 0.6 is 0 Å². The summed E-state index contributed by atoms with van der Waals surface area (Å²) in [5, 5.41) is 3.51. The van der Waals surface area contributed by atoms with Gasteiger partial charge in [-0.2, -0.15) is 0 Å². The van der Waals surface area contributed by atoms with Crippen molar-refractivity contribution in [1.29, 1.82) is 0 Å². The summed E-state index contributed by atoms with van der Waals surface area (Å²) in [4.78, 5) is 2.17. The number of methoxy groups -OCH3 is 1. The lowest BCUT2D eigenvalue weighted by atomic mass is 10.1. The van der Waals surface area contributed by atoms with E-state index < -0.39 is 0 Å². The Kier molecular flexibility index (Phi) is 5.45. The van der Waals surface area contributed by atoms with E-state index in [0.29, 0.717) is 6.04 Å². The Morgan fingerprint density at radius 2 is 1.88 bits per heavy atom. The van der Waals surface area contributed by atoms with E-state index in [9.17, 15) is 0 Å². The third-order valence-electron chi connectivity index (χ3n) is 2.96. The first kappa shape index (κ1) is 14.0. The highest BCUT2D eigenvalue weighted by Crippen LogP contribution is 2.18. The van der Waals surface area contributed by atoms with Crippen LogP contribution in [0, 0.1) is 0 Å². The number of hydrogen-bond donors (Lipinski definition) is 1.